The first-order valence-corrected chi connectivity index (χ1v) is 9.54. The van der Waals surface area contributed by atoms with Crippen molar-refractivity contribution in [3.05, 3.63) is 40.9 Å². The maximum Gasteiger partial charge on any atom is 0.387 e. The average molecular weight is 410 g/mol. The number of aromatic nitrogens is 1. The van der Waals surface area contributed by atoms with Crippen LogP contribution in [0.1, 0.15) is 18.2 Å². The van der Waals surface area contributed by atoms with Crippen LogP contribution in [0.15, 0.2) is 34.7 Å². The molecule has 0 bridgehead atoms. The number of rotatable bonds is 7. The summed E-state index contributed by atoms with van der Waals surface area (Å²) in [6, 6.07) is 6.03. The Morgan fingerprint density at radius 2 is 2.07 bits per heavy atom. The SMILES string of the molecule is CC(=NNC(=O)Cc1csc(N2CCOCC2)n1)c1ccc(OC(F)F)cc1. The van der Waals surface area contributed by atoms with Gasteiger partial charge in [0.25, 0.3) is 0 Å². The molecule has 2 heterocycles. The Bertz CT molecular complexity index is 820. The van der Waals surface area contributed by atoms with Gasteiger partial charge in [0.05, 0.1) is 31.0 Å². The standard InChI is InChI=1S/C18H20F2N4O3S/c1-12(13-2-4-15(5-3-13)27-17(19)20)22-23-16(25)10-14-11-28-18(21-14)24-6-8-26-9-7-24/h2-5,11,17H,6-10H2,1H3,(H,23,25). The minimum atomic E-state index is -2.87. The second-order valence-electron chi connectivity index (χ2n) is 6.03. The van der Waals surface area contributed by atoms with Crippen molar-refractivity contribution >= 4 is 28.1 Å². The minimum absolute atomic E-state index is 0.0650. The number of nitrogens with zero attached hydrogens (tertiary/aromatic N) is 3. The van der Waals surface area contributed by atoms with E-state index in [9.17, 15) is 13.6 Å². The summed E-state index contributed by atoms with van der Waals surface area (Å²) in [7, 11) is 0. The fourth-order valence-electron chi connectivity index (χ4n) is 2.57. The van der Waals surface area contributed by atoms with Crippen LogP contribution in [0.2, 0.25) is 0 Å². The molecular formula is C18H20F2N4O3S. The highest BCUT2D eigenvalue weighted by Gasteiger charge is 2.15. The van der Waals surface area contributed by atoms with Crippen LogP contribution in [0.25, 0.3) is 0 Å². The molecule has 2 aromatic rings. The molecule has 3 rings (SSSR count). The topological polar surface area (TPSA) is 76.1 Å². The molecular weight excluding hydrogens is 390 g/mol. The minimum Gasteiger partial charge on any atom is -0.435 e. The van der Waals surface area contributed by atoms with Crippen molar-refractivity contribution in [1.29, 1.82) is 0 Å². The van der Waals surface area contributed by atoms with Crippen molar-refractivity contribution in [2.75, 3.05) is 31.2 Å². The number of hydrazone groups is 1. The number of hydrogen-bond donors (Lipinski definition) is 1. The van der Waals surface area contributed by atoms with E-state index in [2.05, 4.69) is 25.1 Å². The van der Waals surface area contributed by atoms with Crippen molar-refractivity contribution in [2.24, 2.45) is 5.10 Å². The third kappa shape index (κ3) is 5.70. The Kier molecular flexibility index (Phi) is 6.88. The van der Waals surface area contributed by atoms with Crippen molar-refractivity contribution in [1.82, 2.24) is 10.4 Å². The van der Waals surface area contributed by atoms with E-state index in [0.717, 1.165) is 18.2 Å². The third-order valence-electron chi connectivity index (χ3n) is 4.01. The quantitative estimate of drug-likeness (QED) is 0.561. The lowest BCUT2D eigenvalue weighted by atomic mass is 10.1. The van der Waals surface area contributed by atoms with Gasteiger partial charge in [0, 0.05) is 18.5 Å². The molecule has 1 aromatic heterocycles. The van der Waals surface area contributed by atoms with Gasteiger partial charge in [-0.05, 0) is 36.8 Å². The first kappa shape index (κ1) is 20.2. The monoisotopic (exact) mass is 410 g/mol. The number of carbonyl (C=O) groups is 1. The van der Waals surface area contributed by atoms with Crippen LogP contribution in [-0.4, -0.2) is 49.5 Å². The second-order valence-corrected chi connectivity index (χ2v) is 6.87. The number of ether oxygens (including phenoxy) is 2. The summed E-state index contributed by atoms with van der Waals surface area (Å²) < 4.78 is 34.0. The molecule has 0 radical (unpaired) electrons. The van der Waals surface area contributed by atoms with Crippen molar-refractivity contribution < 1.29 is 23.0 Å². The molecule has 1 saturated heterocycles. The number of alkyl halides is 2. The summed E-state index contributed by atoms with van der Waals surface area (Å²) in [5.41, 5.74) is 4.41. The van der Waals surface area contributed by atoms with Gasteiger partial charge in [0.2, 0.25) is 5.91 Å². The summed E-state index contributed by atoms with van der Waals surface area (Å²) in [6.07, 6.45) is 0.124. The maximum absolute atomic E-state index is 12.2. The zero-order valence-corrected chi connectivity index (χ0v) is 16.0. The third-order valence-corrected chi connectivity index (χ3v) is 4.96. The van der Waals surface area contributed by atoms with Gasteiger partial charge in [-0.15, -0.1) is 11.3 Å². The lowest BCUT2D eigenvalue weighted by molar-refractivity contribution is -0.120. The van der Waals surface area contributed by atoms with Crippen LogP contribution in [0, 0.1) is 0 Å². The normalized spacial score (nSPS) is 15.0. The van der Waals surface area contributed by atoms with Gasteiger partial charge in [-0.3, -0.25) is 4.79 Å². The zero-order chi connectivity index (χ0) is 19.9. The Morgan fingerprint density at radius 1 is 1.36 bits per heavy atom. The zero-order valence-electron chi connectivity index (χ0n) is 15.2. The van der Waals surface area contributed by atoms with E-state index in [1.165, 1.54) is 23.5 Å². The van der Waals surface area contributed by atoms with E-state index >= 15 is 0 Å². The molecule has 1 aliphatic rings. The van der Waals surface area contributed by atoms with Gasteiger partial charge in [0.1, 0.15) is 5.75 Å². The molecule has 0 unspecified atom stereocenters. The molecule has 150 valence electrons. The maximum atomic E-state index is 12.2. The van der Waals surface area contributed by atoms with Gasteiger partial charge in [-0.2, -0.15) is 13.9 Å². The summed E-state index contributed by atoms with van der Waals surface area (Å²) in [4.78, 5) is 18.8. The van der Waals surface area contributed by atoms with Crippen LogP contribution in [0.3, 0.4) is 0 Å². The lowest BCUT2D eigenvalue weighted by Gasteiger charge is -2.26. The fraction of sp³-hybridized carbons (Fsp3) is 0.389. The van der Waals surface area contributed by atoms with Crippen molar-refractivity contribution in [2.45, 2.75) is 20.0 Å². The summed E-state index contributed by atoms with van der Waals surface area (Å²) in [6.45, 7) is 1.79. The molecule has 1 aromatic carbocycles. The Labute approximate surface area is 165 Å². The van der Waals surface area contributed by atoms with Gasteiger partial charge < -0.3 is 14.4 Å². The van der Waals surface area contributed by atoms with E-state index in [4.69, 9.17) is 4.74 Å². The lowest BCUT2D eigenvalue weighted by Crippen LogP contribution is -2.36. The number of benzene rings is 1. The second kappa shape index (κ2) is 9.56. The van der Waals surface area contributed by atoms with E-state index in [0.29, 0.717) is 30.2 Å². The van der Waals surface area contributed by atoms with E-state index in [-0.39, 0.29) is 18.1 Å². The van der Waals surface area contributed by atoms with Crippen molar-refractivity contribution in [3.63, 3.8) is 0 Å². The van der Waals surface area contributed by atoms with Gasteiger partial charge >= 0.3 is 6.61 Å². The van der Waals surface area contributed by atoms with Crippen LogP contribution in [0.4, 0.5) is 13.9 Å². The van der Waals surface area contributed by atoms with Crippen molar-refractivity contribution in [3.8, 4) is 5.75 Å². The number of anilines is 1. The van der Waals surface area contributed by atoms with Gasteiger partial charge in [-0.25, -0.2) is 10.4 Å². The first-order chi connectivity index (χ1) is 13.5. The van der Waals surface area contributed by atoms with Gasteiger partial charge in [0.15, 0.2) is 5.13 Å². The number of thiazole rings is 1. The fourth-order valence-corrected chi connectivity index (χ4v) is 3.45. The highest BCUT2D eigenvalue weighted by molar-refractivity contribution is 7.13. The number of nitrogens with one attached hydrogen (secondary N) is 1. The average Bonchev–Trinajstić information content (AvgIpc) is 3.15. The largest absolute Gasteiger partial charge is 0.435 e. The first-order valence-electron chi connectivity index (χ1n) is 8.67. The molecule has 1 fully saturated rings. The molecule has 28 heavy (non-hydrogen) atoms. The Hall–Kier alpha value is -2.59. The summed E-state index contributed by atoms with van der Waals surface area (Å²) >= 11 is 1.50. The molecule has 1 N–H and O–H groups in total. The van der Waals surface area contributed by atoms with Gasteiger partial charge in [-0.1, -0.05) is 0 Å². The van der Waals surface area contributed by atoms with Crippen LogP contribution >= 0.6 is 11.3 Å². The Balaban J connectivity index is 1.52. The molecule has 0 spiro atoms. The summed E-state index contributed by atoms with van der Waals surface area (Å²) in [5, 5.41) is 6.80. The number of carbonyl (C=O) groups excluding carboxylic acids is 1. The highest BCUT2D eigenvalue weighted by atomic mass is 32.1. The Morgan fingerprint density at radius 3 is 2.75 bits per heavy atom. The summed E-state index contributed by atoms with van der Waals surface area (Å²) in [5.74, 6) is -0.217. The number of hydrogen-bond acceptors (Lipinski definition) is 7. The predicted octanol–water partition coefficient (Wildman–Crippen LogP) is 2.66. The van der Waals surface area contributed by atoms with Crippen LogP contribution in [-0.2, 0) is 16.0 Å². The molecule has 0 aliphatic carbocycles. The van der Waals surface area contributed by atoms with Crippen LogP contribution in [0.5, 0.6) is 5.75 Å². The number of halogens is 2. The van der Waals surface area contributed by atoms with E-state index < -0.39 is 6.61 Å². The van der Waals surface area contributed by atoms with Crippen LogP contribution < -0.4 is 15.1 Å². The predicted molar refractivity (Wildman–Crippen MR) is 102 cm³/mol. The molecule has 7 nitrogen and oxygen atoms in total. The van der Waals surface area contributed by atoms with E-state index in [1.54, 1.807) is 19.1 Å². The molecule has 0 saturated carbocycles. The number of morpholine rings is 1. The highest BCUT2D eigenvalue weighted by Crippen LogP contribution is 2.21. The molecule has 1 amide bonds. The molecule has 1 aliphatic heterocycles. The molecule has 0 atom stereocenters. The molecule has 10 heteroatoms. The van der Waals surface area contributed by atoms with E-state index in [1.807, 2.05) is 5.38 Å². The number of amides is 1. The smallest absolute Gasteiger partial charge is 0.387 e.